The van der Waals surface area contributed by atoms with Crippen molar-refractivity contribution in [1.82, 2.24) is 0 Å². The lowest BCUT2D eigenvalue weighted by molar-refractivity contribution is 0.202. The van der Waals surface area contributed by atoms with Crippen LogP contribution in [-0.2, 0) is 6.42 Å². The summed E-state index contributed by atoms with van der Waals surface area (Å²) in [6.07, 6.45) is 12.7. The lowest BCUT2D eigenvalue weighted by Gasteiger charge is -2.18. The first-order chi connectivity index (χ1) is 10.6. The zero-order chi connectivity index (χ0) is 15.8. The van der Waals surface area contributed by atoms with Gasteiger partial charge in [-0.2, -0.15) is 0 Å². The topological polar surface area (TPSA) is 35.2 Å². The molecule has 1 aliphatic carbocycles. The Labute approximate surface area is 136 Å². The lowest BCUT2D eigenvalue weighted by atomic mass is 10.0. The van der Waals surface area contributed by atoms with Gasteiger partial charge in [0.05, 0.1) is 0 Å². The predicted molar refractivity (Wildman–Crippen MR) is 94.4 cm³/mol. The van der Waals surface area contributed by atoms with Gasteiger partial charge in [0.25, 0.3) is 0 Å². The Bertz CT molecular complexity index is 424. The van der Waals surface area contributed by atoms with E-state index in [1.54, 1.807) is 0 Å². The number of rotatable bonds is 9. The average Bonchev–Trinajstić information content (AvgIpc) is 2.83. The van der Waals surface area contributed by atoms with E-state index in [2.05, 4.69) is 38.1 Å². The van der Waals surface area contributed by atoms with Crippen LogP contribution in [-0.4, -0.2) is 11.6 Å². The fourth-order valence-electron chi connectivity index (χ4n) is 3.35. The Morgan fingerprint density at radius 2 is 1.77 bits per heavy atom. The number of unbranched alkanes of at least 4 members (excludes halogenated alkanes) is 5. The summed E-state index contributed by atoms with van der Waals surface area (Å²) in [5, 5.41) is 0. The summed E-state index contributed by atoms with van der Waals surface area (Å²) in [6, 6.07) is 8.69. The minimum absolute atomic E-state index is 0.0393. The van der Waals surface area contributed by atoms with Crippen molar-refractivity contribution >= 4 is 0 Å². The summed E-state index contributed by atoms with van der Waals surface area (Å²) < 4.78 is 6.06. The second-order valence-electron chi connectivity index (χ2n) is 7.30. The van der Waals surface area contributed by atoms with E-state index in [1.807, 2.05) is 0 Å². The summed E-state index contributed by atoms with van der Waals surface area (Å²) >= 11 is 0. The molecule has 2 N–H and O–H groups in total. The quantitative estimate of drug-likeness (QED) is 0.633. The molecule has 0 radical (unpaired) electrons. The zero-order valence-electron chi connectivity index (χ0n) is 14.4. The van der Waals surface area contributed by atoms with Crippen LogP contribution in [0.2, 0.25) is 0 Å². The Morgan fingerprint density at radius 3 is 2.41 bits per heavy atom. The van der Waals surface area contributed by atoms with Crippen molar-refractivity contribution in [3.05, 3.63) is 29.8 Å². The Morgan fingerprint density at radius 1 is 1.09 bits per heavy atom. The minimum Gasteiger partial charge on any atom is -0.490 e. The first-order valence-corrected chi connectivity index (χ1v) is 9.13. The third kappa shape index (κ3) is 6.00. The Balaban J connectivity index is 1.67. The summed E-state index contributed by atoms with van der Waals surface area (Å²) in [7, 11) is 0. The van der Waals surface area contributed by atoms with Crippen LogP contribution in [0.1, 0.15) is 77.2 Å². The molecule has 124 valence electrons. The molecule has 0 amide bonds. The van der Waals surface area contributed by atoms with Gasteiger partial charge in [0.1, 0.15) is 11.9 Å². The molecule has 1 aromatic carbocycles. The van der Waals surface area contributed by atoms with Gasteiger partial charge >= 0.3 is 0 Å². The highest BCUT2D eigenvalue weighted by molar-refractivity contribution is 5.27. The average molecular weight is 303 g/mol. The largest absolute Gasteiger partial charge is 0.490 e. The van der Waals surface area contributed by atoms with Gasteiger partial charge < -0.3 is 10.5 Å². The molecule has 1 aromatic rings. The van der Waals surface area contributed by atoms with Crippen molar-refractivity contribution in [3.63, 3.8) is 0 Å². The molecule has 0 saturated heterocycles. The second kappa shape index (κ2) is 8.57. The first kappa shape index (κ1) is 17.3. The Hall–Kier alpha value is -1.02. The third-order valence-electron chi connectivity index (χ3n) is 4.78. The third-order valence-corrected chi connectivity index (χ3v) is 4.78. The van der Waals surface area contributed by atoms with Crippen LogP contribution in [0, 0.1) is 0 Å². The maximum absolute atomic E-state index is 6.16. The molecule has 2 nitrogen and oxygen atoms in total. The summed E-state index contributed by atoms with van der Waals surface area (Å²) in [4.78, 5) is 0. The number of benzene rings is 1. The zero-order valence-corrected chi connectivity index (χ0v) is 14.4. The van der Waals surface area contributed by atoms with Crippen molar-refractivity contribution in [2.45, 2.75) is 89.7 Å². The lowest BCUT2D eigenvalue weighted by Crippen LogP contribution is -2.33. The van der Waals surface area contributed by atoms with Crippen LogP contribution in [0.5, 0.6) is 5.75 Å². The van der Waals surface area contributed by atoms with Gasteiger partial charge in [0.2, 0.25) is 0 Å². The van der Waals surface area contributed by atoms with Crippen LogP contribution in [0.15, 0.2) is 24.3 Å². The van der Waals surface area contributed by atoms with Gasteiger partial charge in [-0.25, -0.2) is 0 Å². The highest BCUT2D eigenvalue weighted by Crippen LogP contribution is 2.30. The summed E-state index contributed by atoms with van der Waals surface area (Å²) in [5.74, 6) is 0.995. The standard InChI is InChI=1S/C20H33NO/c1-3-4-5-6-7-8-9-17-10-12-18(13-11-17)22-19-14-15-20(2,21)16-19/h10-13,19H,3-9,14-16,21H2,1-2H3. The van der Waals surface area contributed by atoms with Crippen LogP contribution in [0.25, 0.3) is 0 Å². The van der Waals surface area contributed by atoms with E-state index in [1.165, 1.54) is 50.5 Å². The molecule has 1 saturated carbocycles. The van der Waals surface area contributed by atoms with E-state index in [0.29, 0.717) is 6.10 Å². The van der Waals surface area contributed by atoms with E-state index < -0.39 is 0 Å². The molecule has 1 fully saturated rings. The number of aryl methyl sites for hydroxylation is 1. The molecule has 2 rings (SSSR count). The van der Waals surface area contributed by atoms with Crippen molar-refractivity contribution in [2.75, 3.05) is 0 Å². The van der Waals surface area contributed by atoms with E-state index in [0.717, 1.165) is 25.0 Å². The smallest absolute Gasteiger partial charge is 0.119 e. The van der Waals surface area contributed by atoms with Crippen LogP contribution in [0.4, 0.5) is 0 Å². The fraction of sp³-hybridized carbons (Fsp3) is 0.700. The van der Waals surface area contributed by atoms with Crippen LogP contribution < -0.4 is 10.5 Å². The van der Waals surface area contributed by atoms with E-state index in [4.69, 9.17) is 10.5 Å². The normalized spacial score (nSPS) is 24.6. The number of hydrogen-bond donors (Lipinski definition) is 1. The van der Waals surface area contributed by atoms with Gasteiger partial charge in [-0.15, -0.1) is 0 Å². The van der Waals surface area contributed by atoms with E-state index in [9.17, 15) is 0 Å². The Kier molecular flexibility index (Phi) is 6.75. The first-order valence-electron chi connectivity index (χ1n) is 9.13. The van der Waals surface area contributed by atoms with Gasteiger partial charge in [0, 0.05) is 12.0 Å². The van der Waals surface area contributed by atoms with E-state index >= 15 is 0 Å². The second-order valence-corrected chi connectivity index (χ2v) is 7.30. The molecule has 2 unspecified atom stereocenters. The van der Waals surface area contributed by atoms with Crippen molar-refractivity contribution in [2.24, 2.45) is 5.73 Å². The number of hydrogen-bond acceptors (Lipinski definition) is 2. The molecule has 2 atom stereocenters. The van der Waals surface area contributed by atoms with Gasteiger partial charge in [0.15, 0.2) is 0 Å². The van der Waals surface area contributed by atoms with Crippen molar-refractivity contribution in [1.29, 1.82) is 0 Å². The fourth-order valence-corrected chi connectivity index (χ4v) is 3.35. The molecule has 22 heavy (non-hydrogen) atoms. The minimum atomic E-state index is -0.0393. The molecule has 0 aromatic heterocycles. The van der Waals surface area contributed by atoms with Crippen molar-refractivity contribution < 1.29 is 4.74 Å². The molecular weight excluding hydrogens is 270 g/mol. The van der Waals surface area contributed by atoms with Gasteiger partial charge in [-0.05, 0) is 50.3 Å². The molecule has 0 heterocycles. The number of nitrogens with two attached hydrogens (primary N) is 1. The molecule has 1 aliphatic rings. The molecule has 0 spiro atoms. The highest BCUT2D eigenvalue weighted by atomic mass is 16.5. The van der Waals surface area contributed by atoms with Crippen LogP contribution in [0.3, 0.4) is 0 Å². The predicted octanol–water partition coefficient (Wildman–Crippen LogP) is 5.24. The monoisotopic (exact) mass is 303 g/mol. The van der Waals surface area contributed by atoms with E-state index in [-0.39, 0.29) is 5.54 Å². The van der Waals surface area contributed by atoms with Gasteiger partial charge in [-0.3, -0.25) is 0 Å². The molecule has 2 heteroatoms. The molecule has 0 bridgehead atoms. The van der Waals surface area contributed by atoms with Crippen molar-refractivity contribution in [3.8, 4) is 5.75 Å². The maximum Gasteiger partial charge on any atom is 0.119 e. The summed E-state index contributed by atoms with van der Waals surface area (Å²) in [5.41, 5.74) is 7.55. The molecular formula is C20H33NO. The number of ether oxygens (including phenoxy) is 1. The molecule has 0 aliphatic heterocycles. The highest BCUT2D eigenvalue weighted by Gasteiger charge is 2.32. The van der Waals surface area contributed by atoms with Gasteiger partial charge in [-0.1, -0.05) is 51.2 Å². The maximum atomic E-state index is 6.16. The SMILES string of the molecule is CCCCCCCCc1ccc(OC2CCC(C)(N)C2)cc1. The summed E-state index contributed by atoms with van der Waals surface area (Å²) in [6.45, 7) is 4.39. The van der Waals surface area contributed by atoms with Crippen LogP contribution >= 0.6 is 0 Å².